The highest BCUT2D eigenvalue weighted by Crippen LogP contribution is 2.28. The van der Waals surface area contributed by atoms with Gasteiger partial charge in [-0.1, -0.05) is 17.7 Å². The summed E-state index contributed by atoms with van der Waals surface area (Å²) in [6.45, 7) is 2.78. The summed E-state index contributed by atoms with van der Waals surface area (Å²) in [6, 6.07) is 8.04. The fourth-order valence-electron chi connectivity index (χ4n) is 2.15. The first-order chi connectivity index (χ1) is 7.72. The second kappa shape index (κ2) is 4.36. The number of nitriles is 1. The lowest BCUT2D eigenvalue weighted by molar-refractivity contribution is -0.117. The predicted molar refractivity (Wildman–Crippen MR) is 62.1 cm³/mol. The maximum absolute atomic E-state index is 11.7. The van der Waals surface area contributed by atoms with E-state index in [4.69, 9.17) is 5.26 Å². The Bertz CT molecular complexity index is 459. The van der Waals surface area contributed by atoms with Gasteiger partial charge in [-0.15, -0.1) is 0 Å². The molecule has 0 spiro atoms. The molecule has 1 aliphatic heterocycles. The number of aryl methyl sites for hydroxylation is 2. The first-order valence-electron chi connectivity index (χ1n) is 5.49. The average molecular weight is 214 g/mol. The SMILES string of the molecule is Cc1ccc2c(c1)CCCN2C(=O)CC#N. The normalized spacial score (nSPS) is 14.1. The molecule has 3 heteroatoms. The summed E-state index contributed by atoms with van der Waals surface area (Å²) in [4.78, 5) is 13.5. The van der Waals surface area contributed by atoms with Crippen LogP contribution in [0.15, 0.2) is 18.2 Å². The molecule has 16 heavy (non-hydrogen) atoms. The third-order valence-electron chi connectivity index (χ3n) is 2.88. The van der Waals surface area contributed by atoms with Gasteiger partial charge in [-0.3, -0.25) is 4.79 Å². The van der Waals surface area contributed by atoms with E-state index in [-0.39, 0.29) is 12.3 Å². The average Bonchev–Trinajstić information content (AvgIpc) is 2.28. The number of nitrogens with zero attached hydrogens (tertiary/aromatic N) is 2. The van der Waals surface area contributed by atoms with E-state index < -0.39 is 0 Å². The molecule has 0 radical (unpaired) electrons. The quantitative estimate of drug-likeness (QED) is 0.719. The van der Waals surface area contributed by atoms with Crippen LogP contribution in [-0.4, -0.2) is 12.5 Å². The lowest BCUT2D eigenvalue weighted by Crippen LogP contribution is -2.35. The molecule has 0 saturated carbocycles. The molecule has 1 amide bonds. The van der Waals surface area contributed by atoms with Crippen LogP contribution < -0.4 is 4.90 Å². The second-order valence-corrected chi connectivity index (χ2v) is 4.12. The summed E-state index contributed by atoms with van der Waals surface area (Å²) < 4.78 is 0. The third-order valence-corrected chi connectivity index (χ3v) is 2.88. The van der Waals surface area contributed by atoms with Crippen molar-refractivity contribution in [1.29, 1.82) is 5.26 Å². The molecule has 0 N–H and O–H groups in total. The Balaban J connectivity index is 2.34. The van der Waals surface area contributed by atoms with Crippen molar-refractivity contribution >= 4 is 11.6 Å². The van der Waals surface area contributed by atoms with Crippen LogP contribution in [0.3, 0.4) is 0 Å². The lowest BCUT2D eigenvalue weighted by Gasteiger charge is -2.29. The van der Waals surface area contributed by atoms with E-state index in [1.807, 2.05) is 18.2 Å². The minimum absolute atomic E-state index is 0.0344. The summed E-state index contributed by atoms with van der Waals surface area (Å²) in [7, 11) is 0. The fourth-order valence-corrected chi connectivity index (χ4v) is 2.15. The van der Waals surface area contributed by atoms with Crippen LogP contribution in [0.25, 0.3) is 0 Å². The summed E-state index contributed by atoms with van der Waals surface area (Å²) in [6.07, 6.45) is 1.97. The van der Waals surface area contributed by atoms with Crippen LogP contribution in [-0.2, 0) is 11.2 Å². The molecule has 0 aliphatic carbocycles. The van der Waals surface area contributed by atoms with Crippen LogP contribution in [0, 0.1) is 18.3 Å². The van der Waals surface area contributed by atoms with Gasteiger partial charge in [-0.2, -0.15) is 5.26 Å². The van der Waals surface area contributed by atoms with Gasteiger partial charge in [0.05, 0.1) is 6.07 Å². The molecular weight excluding hydrogens is 200 g/mol. The molecule has 0 atom stereocenters. The van der Waals surface area contributed by atoms with Crippen molar-refractivity contribution < 1.29 is 4.79 Å². The topological polar surface area (TPSA) is 44.1 Å². The molecule has 82 valence electrons. The minimum Gasteiger partial charge on any atom is -0.311 e. The van der Waals surface area contributed by atoms with Gasteiger partial charge in [0.25, 0.3) is 0 Å². The van der Waals surface area contributed by atoms with Gasteiger partial charge in [0.1, 0.15) is 6.42 Å². The van der Waals surface area contributed by atoms with Gasteiger partial charge in [0.15, 0.2) is 0 Å². The van der Waals surface area contributed by atoms with Crippen molar-refractivity contribution in [2.45, 2.75) is 26.2 Å². The Morgan fingerprint density at radius 1 is 1.56 bits per heavy atom. The zero-order valence-corrected chi connectivity index (χ0v) is 9.36. The largest absolute Gasteiger partial charge is 0.311 e. The fraction of sp³-hybridized carbons (Fsp3) is 0.385. The highest BCUT2D eigenvalue weighted by Gasteiger charge is 2.21. The molecule has 1 aromatic rings. The number of rotatable bonds is 1. The zero-order valence-electron chi connectivity index (χ0n) is 9.36. The van der Waals surface area contributed by atoms with E-state index in [1.165, 1.54) is 11.1 Å². The van der Waals surface area contributed by atoms with E-state index in [9.17, 15) is 4.79 Å². The zero-order chi connectivity index (χ0) is 11.5. The Labute approximate surface area is 95.3 Å². The van der Waals surface area contributed by atoms with Crippen LogP contribution in [0.5, 0.6) is 0 Å². The third kappa shape index (κ3) is 1.92. The van der Waals surface area contributed by atoms with Gasteiger partial charge in [-0.05, 0) is 31.4 Å². The molecule has 1 heterocycles. The molecule has 0 aromatic heterocycles. The molecule has 0 saturated heterocycles. The number of benzene rings is 1. The van der Waals surface area contributed by atoms with Crippen molar-refractivity contribution in [3.63, 3.8) is 0 Å². The first-order valence-corrected chi connectivity index (χ1v) is 5.49. The van der Waals surface area contributed by atoms with Gasteiger partial charge in [0, 0.05) is 12.2 Å². The van der Waals surface area contributed by atoms with E-state index in [0.717, 1.165) is 25.1 Å². The van der Waals surface area contributed by atoms with E-state index >= 15 is 0 Å². The number of fused-ring (bicyclic) bond motifs is 1. The smallest absolute Gasteiger partial charge is 0.241 e. The summed E-state index contributed by atoms with van der Waals surface area (Å²) in [5.74, 6) is -0.0905. The molecule has 0 bridgehead atoms. The van der Waals surface area contributed by atoms with Crippen LogP contribution >= 0.6 is 0 Å². The number of carbonyl (C=O) groups is 1. The monoisotopic (exact) mass is 214 g/mol. The van der Waals surface area contributed by atoms with Crippen molar-refractivity contribution in [3.8, 4) is 6.07 Å². The minimum atomic E-state index is -0.0905. The predicted octanol–water partition coefficient (Wildman–Crippen LogP) is 2.19. The Hall–Kier alpha value is -1.82. The number of amides is 1. The molecule has 1 aliphatic rings. The first kappa shape index (κ1) is 10.7. The van der Waals surface area contributed by atoms with Crippen LogP contribution in [0.1, 0.15) is 24.0 Å². The summed E-state index contributed by atoms with van der Waals surface area (Å²) >= 11 is 0. The number of hydrogen-bond donors (Lipinski definition) is 0. The van der Waals surface area contributed by atoms with Crippen molar-refractivity contribution in [3.05, 3.63) is 29.3 Å². The molecular formula is C13H14N2O. The van der Waals surface area contributed by atoms with Gasteiger partial charge in [0.2, 0.25) is 5.91 Å². The number of carbonyl (C=O) groups excluding carboxylic acids is 1. The Kier molecular flexibility index (Phi) is 2.91. The van der Waals surface area contributed by atoms with E-state index in [1.54, 1.807) is 4.90 Å². The van der Waals surface area contributed by atoms with Crippen LogP contribution in [0.4, 0.5) is 5.69 Å². The molecule has 0 unspecified atom stereocenters. The van der Waals surface area contributed by atoms with E-state index in [2.05, 4.69) is 13.0 Å². The maximum Gasteiger partial charge on any atom is 0.241 e. The summed E-state index contributed by atoms with van der Waals surface area (Å²) in [5, 5.41) is 8.56. The standard InChI is InChI=1S/C13H14N2O/c1-10-4-5-12-11(9-10)3-2-8-15(12)13(16)6-7-14/h4-5,9H,2-3,6,8H2,1H3. The van der Waals surface area contributed by atoms with Gasteiger partial charge in [-0.25, -0.2) is 0 Å². The Morgan fingerprint density at radius 3 is 3.12 bits per heavy atom. The van der Waals surface area contributed by atoms with Crippen molar-refractivity contribution in [1.82, 2.24) is 0 Å². The highest BCUT2D eigenvalue weighted by atomic mass is 16.2. The van der Waals surface area contributed by atoms with Crippen molar-refractivity contribution in [2.75, 3.05) is 11.4 Å². The Morgan fingerprint density at radius 2 is 2.38 bits per heavy atom. The van der Waals surface area contributed by atoms with E-state index in [0.29, 0.717) is 0 Å². The molecule has 0 fully saturated rings. The highest BCUT2D eigenvalue weighted by molar-refractivity contribution is 5.95. The number of anilines is 1. The van der Waals surface area contributed by atoms with Crippen LogP contribution in [0.2, 0.25) is 0 Å². The maximum atomic E-state index is 11.7. The molecule has 2 rings (SSSR count). The van der Waals surface area contributed by atoms with Gasteiger partial charge < -0.3 is 4.90 Å². The van der Waals surface area contributed by atoms with Crippen molar-refractivity contribution in [2.24, 2.45) is 0 Å². The lowest BCUT2D eigenvalue weighted by atomic mass is 9.99. The second-order valence-electron chi connectivity index (χ2n) is 4.12. The molecule has 3 nitrogen and oxygen atoms in total. The number of hydrogen-bond acceptors (Lipinski definition) is 2. The summed E-state index contributed by atoms with van der Waals surface area (Å²) in [5.41, 5.74) is 3.42. The molecule has 1 aromatic carbocycles. The van der Waals surface area contributed by atoms with Gasteiger partial charge >= 0.3 is 0 Å².